The molecule has 0 amide bonds. The first-order valence-corrected chi connectivity index (χ1v) is 4.20. The lowest BCUT2D eigenvalue weighted by Crippen LogP contribution is -2.03. The zero-order chi connectivity index (χ0) is 7.98. The second-order valence-corrected chi connectivity index (χ2v) is 2.97. The van der Waals surface area contributed by atoms with Crippen molar-refractivity contribution in [3.05, 3.63) is 0 Å². The monoisotopic (exact) mass is 142 g/mol. The Balaban J connectivity index is 3.49. The summed E-state index contributed by atoms with van der Waals surface area (Å²) in [6, 6.07) is 0. The highest BCUT2D eigenvalue weighted by molar-refractivity contribution is 5.75. The Morgan fingerprint density at radius 2 is 2.00 bits per heavy atom. The Hall–Kier alpha value is -0.330. The van der Waals surface area contributed by atoms with Gasteiger partial charge in [0.05, 0.1) is 0 Å². The van der Waals surface area contributed by atoms with Crippen LogP contribution in [-0.2, 0) is 4.79 Å². The second-order valence-electron chi connectivity index (χ2n) is 2.97. The molecule has 1 nitrogen and oxygen atoms in total. The fraction of sp³-hybridized carbons (Fsp3) is 0.889. The highest BCUT2D eigenvalue weighted by Crippen LogP contribution is 2.14. The van der Waals surface area contributed by atoms with Crippen LogP contribution in [0.3, 0.4) is 0 Å². The lowest BCUT2D eigenvalue weighted by Gasteiger charge is -2.10. The Labute approximate surface area is 63.8 Å². The highest BCUT2D eigenvalue weighted by atomic mass is 16.1. The van der Waals surface area contributed by atoms with E-state index in [0.29, 0.717) is 11.7 Å². The third-order valence-corrected chi connectivity index (χ3v) is 1.85. The highest BCUT2D eigenvalue weighted by Gasteiger charge is 2.06. The van der Waals surface area contributed by atoms with Crippen LogP contribution in [0.4, 0.5) is 0 Å². The SMILES string of the molecule is CCCC(CC)CC(C)=O. The Bertz CT molecular complexity index is 96.9. The summed E-state index contributed by atoms with van der Waals surface area (Å²) in [6.45, 7) is 6.00. The van der Waals surface area contributed by atoms with E-state index < -0.39 is 0 Å². The van der Waals surface area contributed by atoms with Crippen molar-refractivity contribution in [1.82, 2.24) is 0 Å². The van der Waals surface area contributed by atoms with Crippen molar-refractivity contribution in [2.24, 2.45) is 5.92 Å². The molecule has 0 N–H and O–H groups in total. The van der Waals surface area contributed by atoms with E-state index in [1.54, 1.807) is 6.92 Å². The molecule has 0 rings (SSSR count). The van der Waals surface area contributed by atoms with E-state index in [1.165, 1.54) is 12.8 Å². The minimum Gasteiger partial charge on any atom is -0.300 e. The van der Waals surface area contributed by atoms with E-state index in [4.69, 9.17) is 0 Å². The number of Topliss-reactive ketones (excluding diaryl/α,β-unsaturated/α-hetero) is 1. The molecule has 0 aliphatic carbocycles. The quantitative estimate of drug-likeness (QED) is 0.577. The van der Waals surface area contributed by atoms with Gasteiger partial charge in [-0.15, -0.1) is 0 Å². The van der Waals surface area contributed by atoms with E-state index in [-0.39, 0.29) is 0 Å². The first-order valence-electron chi connectivity index (χ1n) is 4.20. The zero-order valence-corrected chi connectivity index (χ0v) is 7.31. The van der Waals surface area contributed by atoms with Gasteiger partial charge in [-0.2, -0.15) is 0 Å². The van der Waals surface area contributed by atoms with Crippen molar-refractivity contribution in [3.8, 4) is 0 Å². The van der Waals surface area contributed by atoms with Crippen molar-refractivity contribution < 1.29 is 4.79 Å². The summed E-state index contributed by atoms with van der Waals surface area (Å²) in [6.07, 6.45) is 4.33. The van der Waals surface area contributed by atoms with Crippen LogP contribution in [0.25, 0.3) is 0 Å². The number of rotatable bonds is 5. The molecule has 0 aliphatic rings. The minimum atomic E-state index is 0.334. The molecule has 1 atom stereocenters. The number of carbonyl (C=O) groups excluding carboxylic acids is 1. The maximum atomic E-state index is 10.7. The smallest absolute Gasteiger partial charge is 0.130 e. The number of hydrogen-bond donors (Lipinski definition) is 0. The van der Waals surface area contributed by atoms with Crippen LogP contribution in [-0.4, -0.2) is 5.78 Å². The normalized spacial score (nSPS) is 13.1. The number of carbonyl (C=O) groups is 1. The van der Waals surface area contributed by atoms with E-state index in [1.807, 2.05) is 0 Å². The summed E-state index contributed by atoms with van der Waals surface area (Å²) in [5, 5.41) is 0. The van der Waals surface area contributed by atoms with Crippen LogP contribution in [0.5, 0.6) is 0 Å². The Kier molecular flexibility index (Phi) is 5.27. The summed E-state index contributed by atoms with van der Waals surface area (Å²) in [4.78, 5) is 10.7. The average Bonchev–Trinajstić information content (AvgIpc) is 1.86. The molecule has 1 unspecified atom stereocenters. The topological polar surface area (TPSA) is 17.1 Å². The van der Waals surface area contributed by atoms with Crippen LogP contribution in [0.1, 0.15) is 46.5 Å². The van der Waals surface area contributed by atoms with Gasteiger partial charge in [0.1, 0.15) is 5.78 Å². The van der Waals surface area contributed by atoms with Gasteiger partial charge in [-0.1, -0.05) is 33.1 Å². The summed E-state index contributed by atoms with van der Waals surface area (Å²) < 4.78 is 0. The first kappa shape index (κ1) is 9.67. The Morgan fingerprint density at radius 1 is 1.40 bits per heavy atom. The van der Waals surface area contributed by atoms with E-state index in [0.717, 1.165) is 12.8 Å². The van der Waals surface area contributed by atoms with Crippen LogP contribution in [0.15, 0.2) is 0 Å². The van der Waals surface area contributed by atoms with Crippen molar-refractivity contribution in [2.75, 3.05) is 0 Å². The minimum absolute atomic E-state index is 0.334. The molecule has 0 aromatic rings. The summed E-state index contributed by atoms with van der Waals surface area (Å²) >= 11 is 0. The van der Waals surface area contributed by atoms with Gasteiger partial charge in [0.25, 0.3) is 0 Å². The van der Waals surface area contributed by atoms with E-state index in [9.17, 15) is 4.79 Å². The predicted octanol–water partition coefficient (Wildman–Crippen LogP) is 2.79. The zero-order valence-electron chi connectivity index (χ0n) is 7.31. The van der Waals surface area contributed by atoms with Gasteiger partial charge in [0.15, 0.2) is 0 Å². The third-order valence-electron chi connectivity index (χ3n) is 1.85. The molecule has 0 fully saturated rings. The van der Waals surface area contributed by atoms with E-state index >= 15 is 0 Å². The van der Waals surface area contributed by atoms with Crippen LogP contribution < -0.4 is 0 Å². The summed E-state index contributed by atoms with van der Waals surface area (Å²) in [7, 11) is 0. The molecule has 0 aromatic carbocycles. The van der Waals surface area contributed by atoms with Gasteiger partial charge in [-0.25, -0.2) is 0 Å². The number of ketones is 1. The standard InChI is InChI=1S/C9H18O/c1-4-6-9(5-2)7-8(3)10/h9H,4-7H2,1-3H3. The molecule has 0 bridgehead atoms. The fourth-order valence-electron chi connectivity index (χ4n) is 1.27. The molecule has 0 saturated heterocycles. The van der Waals surface area contributed by atoms with Crippen molar-refractivity contribution in [3.63, 3.8) is 0 Å². The van der Waals surface area contributed by atoms with Crippen molar-refractivity contribution >= 4 is 5.78 Å². The molecule has 60 valence electrons. The van der Waals surface area contributed by atoms with Crippen LogP contribution >= 0.6 is 0 Å². The molecule has 0 saturated carbocycles. The molecular weight excluding hydrogens is 124 g/mol. The molecule has 0 aliphatic heterocycles. The van der Waals surface area contributed by atoms with E-state index in [2.05, 4.69) is 13.8 Å². The van der Waals surface area contributed by atoms with Gasteiger partial charge < -0.3 is 4.79 Å². The number of hydrogen-bond acceptors (Lipinski definition) is 1. The molecule has 0 radical (unpaired) electrons. The second kappa shape index (κ2) is 5.45. The predicted molar refractivity (Wildman–Crippen MR) is 44.0 cm³/mol. The van der Waals surface area contributed by atoms with Gasteiger partial charge in [-0.3, -0.25) is 0 Å². The third kappa shape index (κ3) is 4.54. The first-order chi connectivity index (χ1) is 4.70. The van der Waals surface area contributed by atoms with Gasteiger partial charge in [0.2, 0.25) is 0 Å². The lowest BCUT2D eigenvalue weighted by atomic mass is 9.95. The maximum absolute atomic E-state index is 10.7. The molecule has 0 spiro atoms. The van der Waals surface area contributed by atoms with Gasteiger partial charge >= 0.3 is 0 Å². The average molecular weight is 142 g/mol. The van der Waals surface area contributed by atoms with Crippen molar-refractivity contribution in [2.45, 2.75) is 46.5 Å². The maximum Gasteiger partial charge on any atom is 0.130 e. The molecule has 10 heavy (non-hydrogen) atoms. The Morgan fingerprint density at radius 3 is 2.30 bits per heavy atom. The molecule has 0 heterocycles. The molecular formula is C9H18O. The van der Waals surface area contributed by atoms with Crippen LogP contribution in [0.2, 0.25) is 0 Å². The lowest BCUT2D eigenvalue weighted by molar-refractivity contribution is -0.117. The van der Waals surface area contributed by atoms with Gasteiger partial charge in [-0.05, 0) is 12.8 Å². The van der Waals surface area contributed by atoms with Gasteiger partial charge in [0, 0.05) is 6.42 Å². The molecule has 0 aromatic heterocycles. The summed E-state index contributed by atoms with van der Waals surface area (Å²) in [5.41, 5.74) is 0. The fourth-order valence-corrected chi connectivity index (χ4v) is 1.27. The van der Waals surface area contributed by atoms with Crippen LogP contribution in [0, 0.1) is 5.92 Å². The summed E-state index contributed by atoms with van der Waals surface area (Å²) in [5.74, 6) is 0.975. The van der Waals surface area contributed by atoms with Crippen molar-refractivity contribution in [1.29, 1.82) is 0 Å². The molecule has 1 heteroatoms. The largest absolute Gasteiger partial charge is 0.300 e.